The van der Waals surface area contributed by atoms with Gasteiger partial charge in [0, 0.05) is 24.3 Å². The second-order valence-electron chi connectivity index (χ2n) is 19.5. The minimum atomic E-state index is -3.92. The number of sulfonamides is 1. The van der Waals surface area contributed by atoms with Gasteiger partial charge in [0.2, 0.25) is 27.7 Å². The van der Waals surface area contributed by atoms with Crippen LogP contribution in [0.15, 0.2) is 49.1 Å². The van der Waals surface area contributed by atoms with Crippen molar-refractivity contribution >= 4 is 44.7 Å². The second-order valence-corrected chi connectivity index (χ2v) is 21.4. The van der Waals surface area contributed by atoms with Crippen molar-refractivity contribution < 1.29 is 41.8 Å². The first-order chi connectivity index (χ1) is 30.2. The Labute approximate surface area is 371 Å². The maximum absolute atomic E-state index is 15.0. The first-order valence-electron chi connectivity index (χ1n) is 23.0. The number of amides is 4. The van der Waals surface area contributed by atoms with Gasteiger partial charge < -0.3 is 29.7 Å². The molecule has 16 heteroatoms. The van der Waals surface area contributed by atoms with E-state index in [0.29, 0.717) is 43.0 Å². The lowest BCUT2D eigenvalue weighted by atomic mass is 9.85. The number of carbonyl (C=O) groups is 4. The molecule has 3 saturated carbocycles. The molecule has 4 heterocycles. The zero-order valence-electron chi connectivity index (χ0n) is 36.9. The zero-order valence-corrected chi connectivity index (χ0v) is 37.8. The van der Waals surface area contributed by atoms with E-state index in [4.69, 9.17) is 19.2 Å². The van der Waals surface area contributed by atoms with Crippen LogP contribution < -0.4 is 24.8 Å². The molecule has 1 aromatic carbocycles. The highest BCUT2D eigenvalue weighted by atomic mass is 32.2. The van der Waals surface area contributed by atoms with E-state index in [1.54, 1.807) is 0 Å². The minimum Gasteiger partial charge on any atom is -0.491 e. The Bertz CT molecular complexity index is 2220. The quantitative estimate of drug-likeness (QED) is 0.263. The fourth-order valence-electron chi connectivity index (χ4n) is 9.88. The van der Waals surface area contributed by atoms with Crippen molar-refractivity contribution in [2.75, 3.05) is 32.8 Å². The number of fused-ring (bicyclic) bond motifs is 5. The molecule has 3 aliphatic carbocycles. The van der Waals surface area contributed by atoms with Crippen LogP contribution in [0, 0.1) is 17.3 Å². The molecule has 1 aromatic heterocycles. The van der Waals surface area contributed by atoms with Crippen LogP contribution >= 0.6 is 0 Å². The van der Waals surface area contributed by atoms with E-state index in [1.165, 1.54) is 30.2 Å². The molecule has 342 valence electrons. The molecular weight excluding hydrogens is 825 g/mol. The van der Waals surface area contributed by atoms with Gasteiger partial charge in [-0.2, -0.15) is 0 Å². The summed E-state index contributed by atoms with van der Waals surface area (Å²) < 4.78 is 47.6. The van der Waals surface area contributed by atoms with Crippen molar-refractivity contribution in [1.29, 1.82) is 0 Å². The third-order valence-electron chi connectivity index (χ3n) is 13.8. The summed E-state index contributed by atoms with van der Waals surface area (Å²) >= 11 is 0. The first-order valence-corrected chi connectivity index (χ1v) is 24.6. The van der Waals surface area contributed by atoms with Crippen molar-refractivity contribution in [1.82, 2.24) is 30.1 Å². The summed E-state index contributed by atoms with van der Waals surface area (Å²) in [4.78, 5) is 65.9. The molecule has 6 aliphatic rings. The van der Waals surface area contributed by atoms with Crippen LogP contribution in [0.1, 0.15) is 103 Å². The van der Waals surface area contributed by atoms with Crippen molar-refractivity contribution in [3.8, 4) is 11.6 Å². The van der Waals surface area contributed by atoms with Gasteiger partial charge in [0.25, 0.3) is 5.91 Å². The summed E-state index contributed by atoms with van der Waals surface area (Å²) in [6.45, 7) is 12.6. The average molecular weight is 889 g/mol. The van der Waals surface area contributed by atoms with Gasteiger partial charge in [-0.15, -0.1) is 6.58 Å². The first kappa shape index (κ1) is 44.9. The van der Waals surface area contributed by atoms with E-state index in [9.17, 15) is 27.6 Å². The van der Waals surface area contributed by atoms with Gasteiger partial charge in [0.15, 0.2) is 0 Å². The Hall–Kier alpha value is -4.70. The number of hydrogen-bond donors (Lipinski definition) is 3. The number of likely N-dealkylation sites (tertiary alicyclic amines) is 1. The lowest BCUT2D eigenvalue weighted by molar-refractivity contribution is -0.143. The van der Waals surface area contributed by atoms with E-state index < -0.39 is 74.1 Å². The van der Waals surface area contributed by atoms with E-state index in [1.807, 2.05) is 45.0 Å². The summed E-state index contributed by atoms with van der Waals surface area (Å²) in [6.07, 6.45) is 13.4. The SMILES string of the molecule is C=C[C@@H]1C[C@]1(NC(=O)[C@@H]1C[C@@H]2CN1C(=O)[C@H](C(C)(C)C)NC(=O)O[C@@H]1CCC[C@H]1CC/C=C\Cc1c(nc3ccccc3c1OCCN1CCCCC1)O2)C(=O)NS(=O)(=O)C1CC1. The highest BCUT2D eigenvalue weighted by Crippen LogP contribution is 2.46. The van der Waals surface area contributed by atoms with Crippen LogP contribution in [0.2, 0.25) is 0 Å². The van der Waals surface area contributed by atoms with Crippen LogP contribution in [0.5, 0.6) is 11.6 Å². The highest BCUT2D eigenvalue weighted by Gasteiger charge is 2.62. The van der Waals surface area contributed by atoms with Gasteiger partial charge in [0.1, 0.15) is 42.2 Å². The number of rotatable bonds is 10. The van der Waals surface area contributed by atoms with E-state index in [2.05, 4.69) is 39.0 Å². The number of benzene rings is 1. The standard InChI is InChI=1S/C47H64N6O9S/c1-5-31-28-47(31,44(56)51-63(58,59)33-21-22-33)50-41(54)37-27-32-29-53(37)43(55)40(46(2,3)4)49-45(57)62-38-20-14-16-30(38)15-8-6-9-18-35-39(60-26-25-52-23-12-7-13-24-52)34-17-10-11-19-36(34)48-42(35)61-32/h5-6,9-11,17,19,30-33,37-38,40H,1,7-8,12-16,18,20-29H2,2-4H3,(H,49,57)(H,50,54)(H,51,56)/b9-6-/t30-,31-,32-,37+,38-,40-,47-/m1/s1. The number of pyridine rings is 1. The van der Waals surface area contributed by atoms with Crippen molar-refractivity contribution in [2.24, 2.45) is 17.3 Å². The lowest BCUT2D eigenvalue weighted by Crippen LogP contribution is -2.60. The van der Waals surface area contributed by atoms with E-state index >= 15 is 0 Å². The van der Waals surface area contributed by atoms with Crippen LogP contribution in [0.25, 0.3) is 10.9 Å². The Kier molecular flexibility index (Phi) is 13.1. The largest absolute Gasteiger partial charge is 0.491 e. The Morgan fingerprint density at radius 2 is 1.81 bits per heavy atom. The highest BCUT2D eigenvalue weighted by molar-refractivity contribution is 7.91. The summed E-state index contributed by atoms with van der Waals surface area (Å²) in [5.74, 6) is -1.34. The molecule has 3 N–H and O–H groups in total. The number of nitrogens with one attached hydrogen (secondary N) is 3. The molecule has 2 saturated heterocycles. The predicted molar refractivity (Wildman–Crippen MR) is 237 cm³/mol. The number of nitrogens with zero attached hydrogens (tertiary/aromatic N) is 3. The Morgan fingerprint density at radius 1 is 1.03 bits per heavy atom. The van der Waals surface area contributed by atoms with Crippen molar-refractivity contribution in [2.45, 2.75) is 139 Å². The molecule has 3 aliphatic heterocycles. The molecule has 4 amide bonds. The number of para-hydroxylation sites is 1. The van der Waals surface area contributed by atoms with Gasteiger partial charge in [-0.3, -0.25) is 24.0 Å². The van der Waals surface area contributed by atoms with E-state index in [0.717, 1.165) is 62.7 Å². The minimum absolute atomic E-state index is 0.0222. The number of carbonyl (C=O) groups excluding carboxylic acids is 4. The zero-order chi connectivity index (χ0) is 44.5. The van der Waals surface area contributed by atoms with Gasteiger partial charge in [-0.05, 0) is 107 Å². The lowest BCUT2D eigenvalue weighted by Gasteiger charge is -2.35. The topological polar surface area (TPSA) is 186 Å². The molecule has 0 spiro atoms. The van der Waals surface area contributed by atoms with Crippen molar-refractivity contribution in [3.05, 3.63) is 54.6 Å². The summed E-state index contributed by atoms with van der Waals surface area (Å²) in [7, 11) is -3.92. The molecule has 0 unspecified atom stereocenters. The third-order valence-corrected chi connectivity index (χ3v) is 15.6. The fraction of sp³-hybridized carbons (Fsp3) is 0.638. The summed E-state index contributed by atoms with van der Waals surface area (Å²) in [5, 5.41) is 5.95. The monoisotopic (exact) mass is 888 g/mol. The van der Waals surface area contributed by atoms with Crippen LogP contribution in [-0.2, 0) is 35.6 Å². The Morgan fingerprint density at radius 3 is 2.54 bits per heavy atom. The number of piperidine rings is 1. The number of aromatic nitrogens is 1. The number of allylic oxidation sites excluding steroid dienone is 2. The van der Waals surface area contributed by atoms with Crippen molar-refractivity contribution in [3.63, 3.8) is 0 Å². The Balaban J connectivity index is 1.15. The second kappa shape index (κ2) is 18.4. The molecule has 2 bridgehead atoms. The molecule has 2 aromatic rings. The van der Waals surface area contributed by atoms with Gasteiger partial charge in [0.05, 0.1) is 22.9 Å². The number of ether oxygens (including phenoxy) is 3. The molecule has 7 atom stereocenters. The van der Waals surface area contributed by atoms with Gasteiger partial charge in [-0.1, -0.05) is 57.6 Å². The van der Waals surface area contributed by atoms with Gasteiger partial charge in [-0.25, -0.2) is 18.2 Å². The number of alkyl carbamates (subject to hydrolysis) is 1. The van der Waals surface area contributed by atoms with Crippen LogP contribution in [-0.4, -0.2) is 115 Å². The maximum Gasteiger partial charge on any atom is 0.408 e. The summed E-state index contributed by atoms with van der Waals surface area (Å²) in [5.41, 5.74) is -0.940. The fourth-order valence-corrected chi connectivity index (χ4v) is 11.2. The van der Waals surface area contributed by atoms with Gasteiger partial charge >= 0.3 is 6.09 Å². The average Bonchev–Trinajstić information content (AvgIpc) is 4.15. The summed E-state index contributed by atoms with van der Waals surface area (Å²) in [6, 6.07) is 5.53. The van der Waals surface area contributed by atoms with E-state index in [-0.39, 0.29) is 31.4 Å². The molecular formula is C47H64N6O9S. The smallest absolute Gasteiger partial charge is 0.408 e. The number of hydrogen-bond acceptors (Lipinski definition) is 11. The molecule has 8 rings (SSSR count). The molecule has 15 nitrogen and oxygen atoms in total. The van der Waals surface area contributed by atoms with Crippen LogP contribution in [0.3, 0.4) is 0 Å². The molecule has 63 heavy (non-hydrogen) atoms. The molecule has 5 fully saturated rings. The molecule has 0 radical (unpaired) electrons. The third kappa shape index (κ3) is 10.0. The normalized spacial score (nSPS) is 30.0. The maximum atomic E-state index is 15.0. The van der Waals surface area contributed by atoms with Crippen LogP contribution in [0.4, 0.5) is 4.79 Å². The predicted octanol–water partition coefficient (Wildman–Crippen LogP) is 5.32.